The zero-order chi connectivity index (χ0) is 10.4. The molecule has 0 spiro atoms. The second kappa shape index (κ2) is 10.6. The van der Waals surface area contributed by atoms with Crippen LogP contribution in [-0.4, -0.2) is 11.2 Å². The van der Waals surface area contributed by atoms with E-state index in [9.17, 15) is 0 Å². The van der Waals surface area contributed by atoms with E-state index in [0.717, 1.165) is 0 Å². The molecule has 0 saturated heterocycles. The van der Waals surface area contributed by atoms with Gasteiger partial charge in [-0.1, -0.05) is 0 Å². The van der Waals surface area contributed by atoms with Crippen molar-refractivity contribution < 1.29 is 45.4 Å². The average molecular weight is 245 g/mol. The van der Waals surface area contributed by atoms with Crippen molar-refractivity contribution in [3.63, 3.8) is 0 Å². The van der Waals surface area contributed by atoms with Gasteiger partial charge in [0, 0.05) is 11.2 Å². The molecule has 0 aliphatic heterocycles. The van der Waals surface area contributed by atoms with Crippen molar-refractivity contribution in [2.45, 2.75) is 52.7 Å². The van der Waals surface area contributed by atoms with Crippen molar-refractivity contribution in [3.05, 3.63) is 14.2 Å². The summed E-state index contributed by atoms with van der Waals surface area (Å²) in [6.45, 7) is 11.8. The Bertz CT molecular complexity index is 91.7. The molecule has 0 aromatic carbocycles. The van der Waals surface area contributed by atoms with Gasteiger partial charge in [-0.25, -0.2) is 14.2 Å². The van der Waals surface area contributed by atoms with E-state index in [1.54, 1.807) is 0 Å². The van der Waals surface area contributed by atoms with Gasteiger partial charge in [0.2, 0.25) is 0 Å². The molecule has 0 amide bonds. The summed E-state index contributed by atoms with van der Waals surface area (Å²) >= 11 is 0. The van der Waals surface area contributed by atoms with E-state index in [0.29, 0.717) is 0 Å². The van der Waals surface area contributed by atoms with Crippen LogP contribution in [0, 0.1) is 14.2 Å². The van der Waals surface area contributed by atoms with E-state index in [1.807, 2.05) is 41.5 Å². The van der Waals surface area contributed by atoms with Crippen LogP contribution < -0.4 is 18.9 Å². The molecule has 4 heteroatoms. The first-order valence-corrected chi connectivity index (χ1v) is 3.99. The fourth-order valence-electron chi connectivity index (χ4n) is 0. The minimum Gasteiger partial charge on any atom is -0.551 e. The Morgan fingerprint density at radius 1 is 0.714 bits per heavy atom. The summed E-state index contributed by atoms with van der Waals surface area (Å²) in [5.74, 6) is 0. The number of hydrogen-bond donors (Lipinski definition) is 0. The maximum atomic E-state index is 4.69. The van der Waals surface area contributed by atoms with Crippen molar-refractivity contribution in [2.24, 2.45) is 0 Å². The molecule has 0 heterocycles. The second-order valence-electron chi connectivity index (χ2n) is 4.51. The minimum atomic E-state index is -0.0694. The molecule has 0 fully saturated rings. The van der Waals surface area contributed by atoms with Gasteiger partial charge in [0.15, 0.2) is 0 Å². The van der Waals surface area contributed by atoms with Gasteiger partial charge in [-0.3, -0.25) is 0 Å². The van der Waals surface area contributed by atoms with Crippen LogP contribution >= 0.6 is 0 Å². The Hall–Kier alpha value is 1.04. The third kappa shape index (κ3) is 38.1. The van der Waals surface area contributed by atoms with E-state index in [1.165, 1.54) is 0 Å². The number of hydrogen-bond acceptors (Lipinski definition) is 2. The predicted octanol–water partition coefficient (Wildman–Crippen LogP) is 0.188. The molecular weight excluding hydrogens is 223 g/mol. The van der Waals surface area contributed by atoms with E-state index >= 15 is 0 Å². The van der Waals surface area contributed by atoms with Crippen molar-refractivity contribution in [1.82, 2.24) is 0 Å². The third-order valence-electron chi connectivity index (χ3n) is 0.866. The molecular formula is C10H22CuLiO2. The Balaban J connectivity index is -0.0000000625. The van der Waals surface area contributed by atoms with Crippen molar-refractivity contribution in [1.29, 1.82) is 0 Å². The van der Waals surface area contributed by atoms with Crippen LogP contribution in [0.1, 0.15) is 41.5 Å². The van der Waals surface area contributed by atoms with Gasteiger partial charge in [0.25, 0.3) is 0 Å². The fourth-order valence-corrected chi connectivity index (χ4v) is 0. The van der Waals surface area contributed by atoms with Crippen LogP contribution in [0.4, 0.5) is 0 Å². The molecule has 0 aromatic rings. The van der Waals surface area contributed by atoms with Crippen LogP contribution in [0.25, 0.3) is 0 Å². The Morgan fingerprint density at radius 2 is 0.786 bits per heavy atom. The van der Waals surface area contributed by atoms with Gasteiger partial charge < -0.3 is 9.47 Å². The summed E-state index contributed by atoms with van der Waals surface area (Å²) in [4.78, 5) is 0. The maximum absolute atomic E-state index is 4.69. The first kappa shape index (κ1) is 24.3. The monoisotopic (exact) mass is 244 g/mol. The number of rotatable bonds is 0. The fraction of sp³-hybridized carbons (Fsp3) is 0.800. The molecule has 0 aliphatic carbocycles. The molecule has 0 bridgehead atoms. The van der Waals surface area contributed by atoms with Crippen molar-refractivity contribution in [2.75, 3.05) is 0 Å². The van der Waals surface area contributed by atoms with E-state index in [2.05, 4.69) is 23.7 Å². The summed E-state index contributed by atoms with van der Waals surface area (Å²) in [6, 6.07) is 0. The Morgan fingerprint density at radius 3 is 0.786 bits per heavy atom. The molecule has 14 heavy (non-hydrogen) atoms. The van der Waals surface area contributed by atoms with Crippen LogP contribution in [0.15, 0.2) is 0 Å². The van der Waals surface area contributed by atoms with Crippen LogP contribution in [0.5, 0.6) is 0 Å². The summed E-state index contributed by atoms with van der Waals surface area (Å²) in [5, 5.41) is 0. The van der Waals surface area contributed by atoms with Crippen molar-refractivity contribution in [3.8, 4) is 0 Å². The first-order valence-electron chi connectivity index (χ1n) is 3.99. The molecule has 2 nitrogen and oxygen atoms in total. The molecule has 0 aromatic heterocycles. The Kier molecular flexibility index (Phi) is 18.3. The molecule has 0 atom stereocenters. The minimum absolute atomic E-state index is 0. The van der Waals surface area contributed by atoms with Gasteiger partial charge in [-0.05, 0) is 41.5 Å². The van der Waals surface area contributed by atoms with Gasteiger partial charge in [0.1, 0.15) is 0 Å². The maximum Gasteiger partial charge on any atom is 1.00 e. The van der Waals surface area contributed by atoms with Crippen molar-refractivity contribution >= 4 is 0 Å². The predicted molar refractivity (Wildman–Crippen MR) is 52.4 cm³/mol. The molecule has 0 saturated carbocycles. The molecule has 0 radical (unpaired) electrons. The van der Waals surface area contributed by atoms with E-state index in [4.69, 9.17) is 0 Å². The smallest absolute Gasteiger partial charge is 0.551 e. The van der Waals surface area contributed by atoms with E-state index < -0.39 is 0 Å². The third-order valence-corrected chi connectivity index (χ3v) is 0.866. The zero-order valence-electron chi connectivity index (χ0n) is 10.5. The molecule has 0 unspecified atom stereocenters. The normalized spacial score (nSPS) is 10.3. The summed E-state index contributed by atoms with van der Waals surface area (Å²) < 4.78 is 9.38. The standard InChI is InChI=1S/2C5H11O.Cu.Li/c2*1-5(2,3)6-4;;/h2*4H2,1-3H3;;/q2*-1;2*+1. The topological polar surface area (TPSA) is 18.5 Å². The van der Waals surface area contributed by atoms with E-state index in [-0.39, 0.29) is 47.1 Å². The van der Waals surface area contributed by atoms with Crippen LogP contribution in [-0.2, 0) is 26.5 Å². The van der Waals surface area contributed by atoms with Crippen LogP contribution in [0.3, 0.4) is 0 Å². The Labute approximate surface area is 112 Å². The molecule has 0 rings (SSSR count). The second-order valence-corrected chi connectivity index (χ2v) is 4.51. The molecule has 86 valence electrons. The van der Waals surface area contributed by atoms with Crippen LogP contribution in [0.2, 0.25) is 0 Å². The van der Waals surface area contributed by atoms with Gasteiger partial charge in [0.05, 0.1) is 0 Å². The van der Waals surface area contributed by atoms with Gasteiger partial charge in [-0.15, -0.1) is 0 Å². The summed E-state index contributed by atoms with van der Waals surface area (Å²) in [6.07, 6.45) is 0. The zero-order valence-corrected chi connectivity index (χ0v) is 11.5. The summed E-state index contributed by atoms with van der Waals surface area (Å²) in [7, 11) is 6.51. The number of ether oxygens (including phenoxy) is 2. The summed E-state index contributed by atoms with van der Waals surface area (Å²) in [5.41, 5.74) is -0.139. The SMILES string of the molecule is [CH2-]OC(C)(C)C.[CH2-]OC(C)(C)C.[Cu+].[Li+]. The molecule has 0 N–H and O–H groups in total. The van der Waals surface area contributed by atoms with Gasteiger partial charge in [-0.2, -0.15) is 0 Å². The first-order chi connectivity index (χ1) is 5.12. The largest absolute Gasteiger partial charge is 1.00 e. The average Bonchev–Trinajstić information content (AvgIpc) is 1.86. The molecule has 0 aliphatic rings. The van der Waals surface area contributed by atoms with Gasteiger partial charge >= 0.3 is 35.9 Å². The quantitative estimate of drug-likeness (QED) is 0.447.